The summed E-state index contributed by atoms with van der Waals surface area (Å²) in [6, 6.07) is 7.45. The number of nitrogens with zero attached hydrogens (tertiary/aromatic N) is 4. The highest BCUT2D eigenvalue weighted by Gasteiger charge is 2.31. The number of benzene rings is 1. The van der Waals surface area contributed by atoms with Crippen LogP contribution in [0.1, 0.15) is 43.0 Å². The van der Waals surface area contributed by atoms with E-state index in [0.29, 0.717) is 24.4 Å². The Bertz CT molecular complexity index is 726. The molecule has 1 aromatic carbocycles. The van der Waals surface area contributed by atoms with Crippen molar-refractivity contribution in [1.29, 1.82) is 0 Å². The molecule has 132 valence electrons. The number of aromatic nitrogens is 3. The van der Waals surface area contributed by atoms with Crippen molar-refractivity contribution in [2.24, 2.45) is 0 Å². The standard InChI is InChI=1S/C18H22N4O3/c1-2-25-17(23)10-13-21(14-6-5-7-14)18(24)15-8-3-4-9-16(15)22-19-11-12-20-22/h3-4,8-9,11-12,14H,2,5-7,10,13H2,1H3. The van der Waals surface area contributed by atoms with Crippen molar-refractivity contribution in [3.63, 3.8) is 0 Å². The number of para-hydroxylation sites is 1. The molecule has 1 heterocycles. The maximum absolute atomic E-state index is 13.2. The van der Waals surface area contributed by atoms with Crippen LogP contribution in [0.5, 0.6) is 0 Å². The lowest BCUT2D eigenvalue weighted by atomic mass is 9.90. The first kappa shape index (κ1) is 17.1. The molecule has 7 nitrogen and oxygen atoms in total. The molecule has 1 aromatic heterocycles. The molecule has 25 heavy (non-hydrogen) atoms. The highest BCUT2D eigenvalue weighted by atomic mass is 16.5. The molecule has 0 unspecified atom stereocenters. The summed E-state index contributed by atoms with van der Waals surface area (Å²) in [6.07, 6.45) is 6.40. The molecule has 1 saturated carbocycles. The fourth-order valence-electron chi connectivity index (χ4n) is 2.92. The van der Waals surface area contributed by atoms with Gasteiger partial charge in [0.1, 0.15) is 0 Å². The first-order valence-corrected chi connectivity index (χ1v) is 8.63. The van der Waals surface area contributed by atoms with Crippen molar-refractivity contribution < 1.29 is 14.3 Å². The Morgan fingerprint density at radius 3 is 2.60 bits per heavy atom. The van der Waals surface area contributed by atoms with Gasteiger partial charge < -0.3 is 9.64 Å². The molecule has 1 fully saturated rings. The predicted molar refractivity (Wildman–Crippen MR) is 91.3 cm³/mol. The van der Waals surface area contributed by atoms with E-state index in [4.69, 9.17) is 4.74 Å². The first-order valence-electron chi connectivity index (χ1n) is 8.63. The van der Waals surface area contributed by atoms with Gasteiger partial charge in [0, 0.05) is 12.6 Å². The SMILES string of the molecule is CCOC(=O)CCN(C(=O)c1ccccc1-n1nccn1)C1CCC1. The molecule has 0 bridgehead atoms. The van der Waals surface area contributed by atoms with Crippen LogP contribution in [0.15, 0.2) is 36.7 Å². The summed E-state index contributed by atoms with van der Waals surface area (Å²) < 4.78 is 4.99. The Kier molecular flexibility index (Phi) is 5.42. The van der Waals surface area contributed by atoms with Crippen molar-refractivity contribution in [3.8, 4) is 5.69 Å². The molecule has 0 aliphatic heterocycles. The smallest absolute Gasteiger partial charge is 0.307 e. The van der Waals surface area contributed by atoms with Gasteiger partial charge in [-0.1, -0.05) is 12.1 Å². The van der Waals surface area contributed by atoms with Gasteiger partial charge in [-0.25, -0.2) is 0 Å². The van der Waals surface area contributed by atoms with Gasteiger partial charge in [-0.3, -0.25) is 9.59 Å². The summed E-state index contributed by atoms with van der Waals surface area (Å²) in [4.78, 5) is 28.1. The van der Waals surface area contributed by atoms with Crippen molar-refractivity contribution in [2.75, 3.05) is 13.2 Å². The van der Waals surface area contributed by atoms with Crippen LogP contribution in [0.2, 0.25) is 0 Å². The number of amides is 1. The van der Waals surface area contributed by atoms with Crippen LogP contribution >= 0.6 is 0 Å². The van der Waals surface area contributed by atoms with Gasteiger partial charge in [0.2, 0.25) is 0 Å². The van der Waals surface area contributed by atoms with Crippen LogP contribution in [-0.4, -0.2) is 51.0 Å². The number of hydrogen-bond acceptors (Lipinski definition) is 5. The molecule has 2 aromatic rings. The van der Waals surface area contributed by atoms with Crippen molar-refractivity contribution in [3.05, 3.63) is 42.2 Å². The maximum atomic E-state index is 13.2. The Morgan fingerprint density at radius 2 is 1.96 bits per heavy atom. The fraction of sp³-hybridized carbons (Fsp3) is 0.444. The fourth-order valence-corrected chi connectivity index (χ4v) is 2.92. The Balaban J connectivity index is 1.82. The second-order valence-electron chi connectivity index (χ2n) is 5.97. The predicted octanol–water partition coefficient (Wildman–Crippen LogP) is 2.22. The largest absolute Gasteiger partial charge is 0.466 e. The third kappa shape index (κ3) is 3.87. The Hall–Kier alpha value is -2.70. The average Bonchev–Trinajstić information content (AvgIpc) is 3.11. The molecule has 1 aliphatic carbocycles. The van der Waals surface area contributed by atoms with Gasteiger partial charge in [-0.05, 0) is 38.3 Å². The summed E-state index contributed by atoms with van der Waals surface area (Å²) in [5.74, 6) is -0.372. The highest BCUT2D eigenvalue weighted by molar-refractivity contribution is 5.98. The zero-order chi connectivity index (χ0) is 17.6. The third-order valence-electron chi connectivity index (χ3n) is 4.41. The van der Waals surface area contributed by atoms with E-state index in [1.54, 1.807) is 30.3 Å². The van der Waals surface area contributed by atoms with Crippen LogP contribution in [0, 0.1) is 0 Å². The maximum Gasteiger partial charge on any atom is 0.307 e. The molecule has 0 N–H and O–H groups in total. The second-order valence-corrected chi connectivity index (χ2v) is 5.97. The molecular formula is C18H22N4O3. The van der Waals surface area contributed by atoms with Crippen molar-refractivity contribution in [2.45, 2.75) is 38.6 Å². The molecule has 0 saturated heterocycles. The van der Waals surface area contributed by atoms with Gasteiger partial charge in [-0.2, -0.15) is 15.0 Å². The van der Waals surface area contributed by atoms with E-state index in [9.17, 15) is 9.59 Å². The lowest BCUT2D eigenvalue weighted by Gasteiger charge is -2.37. The summed E-state index contributed by atoms with van der Waals surface area (Å²) in [5, 5.41) is 8.25. The average molecular weight is 342 g/mol. The number of hydrogen-bond donors (Lipinski definition) is 0. The van der Waals surface area contributed by atoms with E-state index in [1.165, 1.54) is 4.80 Å². The van der Waals surface area contributed by atoms with E-state index >= 15 is 0 Å². The number of rotatable bonds is 7. The molecular weight excluding hydrogens is 320 g/mol. The number of carbonyl (C=O) groups excluding carboxylic acids is 2. The zero-order valence-corrected chi connectivity index (χ0v) is 14.3. The highest BCUT2D eigenvalue weighted by Crippen LogP contribution is 2.27. The van der Waals surface area contributed by atoms with Gasteiger partial charge >= 0.3 is 5.97 Å². The first-order chi connectivity index (χ1) is 12.2. The summed E-state index contributed by atoms with van der Waals surface area (Å²) in [7, 11) is 0. The number of ether oxygens (including phenoxy) is 1. The van der Waals surface area contributed by atoms with E-state index in [2.05, 4.69) is 10.2 Å². The third-order valence-corrected chi connectivity index (χ3v) is 4.41. The zero-order valence-electron chi connectivity index (χ0n) is 14.3. The summed E-state index contributed by atoms with van der Waals surface area (Å²) in [6.45, 7) is 2.49. The minimum atomic E-state index is -0.276. The lowest BCUT2D eigenvalue weighted by molar-refractivity contribution is -0.143. The monoisotopic (exact) mass is 342 g/mol. The Morgan fingerprint density at radius 1 is 1.24 bits per heavy atom. The number of carbonyl (C=O) groups is 2. The lowest BCUT2D eigenvalue weighted by Crippen LogP contribution is -2.45. The Labute approximate surface area is 146 Å². The minimum absolute atomic E-state index is 0.0955. The normalized spacial score (nSPS) is 14.0. The second kappa shape index (κ2) is 7.92. The van der Waals surface area contributed by atoms with Crippen LogP contribution in [0.25, 0.3) is 5.69 Å². The van der Waals surface area contributed by atoms with Crippen LogP contribution in [0.3, 0.4) is 0 Å². The molecule has 3 rings (SSSR count). The minimum Gasteiger partial charge on any atom is -0.466 e. The van der Waals surface area contributed by atoms with Crippen LogP contribution in [-0.2, 0) is 9.53 Å². The van der Waals surface area contributed by atoms with Crippen LogP contribution < -0.4 is 0 Å². The molecule has 1 aliphatic rings. The van der Waals surface area contributed by atoms with Crippen molar-refractivity contribution in [1.82, 2.24) is 19.9 Å². The molecule has 0 radical (unpaired) electrons. The molecule has 0 spiro atoms. The quantitative estimate of drug-likeness (QED) is 0.721. The van der Waals surface area contributed by atoms with Gasteiger partial charge in [-0.15, -0.1) is 0 Å². The van der Waals surface area contributed by atoms with E-state index in [-0.39, 0.29) is 24.3 Å². The molecule has 1 amide bonds. The molecule has 0 atom stereocenters. The van der Waals surface area contributed by atoms with E-state index in [0.717, 1.165) is 19.3 Å². The van der Waals surface area contributed by atoms with Gasteiger partial charge in [0.15, 0.2) is 0 Å². The number of esters is 1. The van der Waals surface area contributed by atoms with E-state index < -0.39 is 0 Å². The van der Waals surface area contributed by atoms with Crippen LogP contribution in [0.4, 0.5) is 0 Å². The van der Waals surface area contributed by atoms with Crippen molar-refractivity contribution >= 4 is 11.9 Å². The summed E-state index contributed by atoms with van der Waals surface area (Å²) in [5.41, 5.74) is 1.17. The van der Waals surface area contributed by atoms with E-state index in [1.807, 2.05) is 18.2 Å². The van der Waals surface area contributed by atoms with Gasteiger partial charge in [0.05, 0.1) is 36.7 Å². The molecule has 7 heteroatoms. The summed E-state index contributed by atoms with van der Waals surface area (Å²) >= 11 is 0. The topological polar surface area (TPSA) is 77.3 Å². The van der Waals surface area contributed by atoms with Gasteiger partial charge in [0.25, 0.3) is 5.91 Å².